The lowest BCUT2D eigenvalue weighted by Crippen LogP contribution is -2.54. The van der Waals surface area contributed by atoms with Crippen LogP contribution in [0.3, 0.4) is 0 Å². The summed E-state index contributed by atoms with van der Waals surface area (Å²) >= 11 is 12.1. The van der Waals surface area contributed by atoms with E-state index >= 15 is 0 Å². The predicted octanol–water partition coefficient (Wildman–Crippen LogP) is 5.94. The number of hydrogen-bond donors (Lipinski definition) is 1. The lowest BCUT2D eigenvalue weighted by Gasteiger charge is -2.34. The first kappa shape index (κ1) is 33.2. The van der Waals surface area contributed by atoms with Gasteiger partial charge in [-0.05, 0) is 49.2 Å². The van der Waals surface area contributed by atoms with Crippen LogP contribution in [0.15, 0.2) is 72.8 Å². The molecule has 2 amide bonds. The van der Waals surface area contributed by atoms with Crippen LogP contribution in [0, 0.1) is 0 Å². The van der Waals surface area contributed by atoms with Gasteiger partial charge in [0.05, 0.1) is 22.5 Å². The van der Waals surface area contributed by atoms with Crippen LogP contribution in [-0.2, 0) is 38.8 Å². The molecule has 0 aromatic heterocycles. The highest BCUT2D eigenvalue weighted by Crippen LogP contribution is 2.37. The monoisotopic (exact) mass is 643 g/mol. The number of carbonyl (C=O) groups excluding carboxylic acids is 2. The fourth-order valence-electron chi connectivity index (χ4n) is 4.24. The molecule has 3 aromatic carbocycles. The van der Waals surface area contributed by atoms with Crippen molar-refractivity contribution in [3.8, 4) is 0 Å². The number of sulfonamides is 1. The number of carbonyl (C=O) groups is 2. The standard InChI is InChI=1S/C29H30Cl2F3N3O4S/c1-19(2)35-28(39)26(15-20-9-5-4-6-10-20)36(17-21-11-7-8-12-24(21)30)27(38)18-37(42(3,40)41)22-13-14-25(31)23(16-22)29(32,33)34/h4-14,16,19,26H,15,17-18H2,1-3H3,(H,35,39)/t26-/m1/s1. The van der Waals surface area contributed by atoms with Gasteiger partial charge in [-0.3, -0.25) is 13.9 Å². The summed E-state index contributed by atoms with van der Waals surface area (Å²) in [5.41, 5.74) is -0.453. The van der Waals surface area contributed by atoms with Crippen LogP contribution >= 0.6 is 23.2 Å². The highest BCUT2D eigenvalue weighted by molar-refractivity contribution is 7.92. The van der Waals surface area contributed by atoms with Crippen LogP contribution in [-0.4, -0.2) is 50.0 Å². The number of halogens is 5. The Morgan fingerprint density at radius 1 is 0.929 bits per heavy atom. The molecule has 0 radical (unpaired) electrons. The quantitative estimate of drug-likeness (QED) is 0.280. The second-order valence-electron chi connectivity index (χ2n) is 9.91. The van der Waals surface area contributed by atoms with Crippen molar-refractivity contribution >= 4 is 50.7 Å². The molecule has 0 saturated heterocycles. The van der Waals surface area contributed by atoms with Gasteiger partial charge in [-0.2, -0.15) is 13.2 Å². The number of anilines is 1. The van der Waals surface area contributed by atoms with E-state index in [1.54, 1.807) is 68.4 Å². The molecule has 0 fully saturated rings. The van der Waals surface area contributed by atoms with Gasteiger partial charge in [0.15, 0.2) is 0 Å². The Morgan fingerprint density at radius 3 is 2.12 bits per heavy atom. The van der Waals surface area contributed by atoms with E-state index in [1.165, 1.54) is 4.90 Å². The summed E-state index contributed by atoms with van der Waals surface area (Å²) in [5, 5.41) is 2.49. The molecular weight excluding hydrogens is 614 g/mol. The van der Waals surface area contributed by atoms with Crippen molar-refractivity contribution in [2.45, 2.75) is 45.1 Å². The second-order valence-corrected chi connectivity index (χ2v) is 12.6. The molecular formula is C29H30Cl2F3N3O4S. The van der Waals surface area contributed by atoms with Gasteiger partial charge >= 0.3 is 6.18 Å². The van der Waals surface area contributed by atoms with Crippen molar-refractivity contribution in [3.05, 3.63) is 99.5 Å². The van der Waals surface area contributed by atoms with Crippen molar-refractivity contribution in [1.82, 2.24) is 10.2 Å². The van der Waals surface area contributed by atoms with Gasteiger partial charge in [0, 0.05) is 24.0 Å². The zero-order valence-corrected chi connectivity index (χ0v) is 25.4. The third-order valence-electron chi connectivity index (χ3n) is 6.22. The number of amides is 2. The fraction of sp³-hybridized carbons (Fsp3) is 0.310. The van der Waals surface area contributed by atoms with Crippen LogP contribution in [0.2, 0.25) is 10.0 Å². The number of alkyl halides is 3. The number of benzene rings is 3. The lowest BCUT2D eigenvalue weighted by molar-refractivity contribution is -0.140. The van der Waals surface area contributed by atoms with Crippen LogP contribution in [0.25, 0.3) is 0 Å². The maximum Gasteiger partial charge on any atom is 0.417 e. The van der Waals surface area contributed by atoms with Gasteiger partial charge in [-0.1, -0.05) is 71.7 Å². The summed E-state index contributed by atoms with van der Waals surface area (Å²) < 4.78 is 67.0. The maximum atomic E-state index is 14.0. The molecule has 0 unspecified atom stereocenters. The van der Waals surface area contributed by atoms with E-state index in [1.807, 2.05) is 0 Å². The molecule has 0 aliphatic rings. The van der Waals surface area contributed by atoms with Gasteiger partial charge < -0.3 is 10.2 Å². The summed E-state index contributed by atoms with van der Waals surface area (Å²) in [6.07, 6.45) is -4.02. The summed E-state index contributed by atoms with van der Waals surface area (Å²) in [5.74, 6) is -1.32. The van der Waals surface area contributed by atoms with Gasteiger partial charge in [0.1, 0.15) is 12.6 Å². The summed E-state index contributed by atoms with van der Waals surface area (Å²) in [6.45, 7) is 2.44. The topological polar surface area (TPSA) is 86.8 Å². The van der Waals surface area contributed by atoms with Crippen LogP contribution in [0.5, 0.6) is 0 Å². The first-order valence-corrected chi connectivity index (χ1v) is 15.4. The zero-order chi connectivity index (χ0) is 31.2. The van der Waals surface area contributed by atoms with Crippen molar-refractivity contribution in [1.29, 1.82) is 0 Å². The normalized spacial score (nSPS) is 12.6. The third-order valence-corrected chi connectivity index (χ3v) is 8.06. The summed E-state index contributed by atoms with van der Waals surface area (Å²) in [6, 6.07) is 16.7. The fourth-order valence-corrected chi connectivity index (χ4v) is 5.51. The van der Waals surface area contributed by atoms with E-state index in [4.69, 9.17) is 23.2 Å². The minimum Gasteiger partial charge on any atom is -0.352 e. The van der Waals surface area contributed by atoms with Crippen LogP contribution in [0.4, 0.5) is 18.9 Å². The van der Waals surface area contributed by atoms with Gasteiger partial charge in [-0.25, -0.2) is 8.42 Å². The predicted molar refractivity (Wildman–Crippen MR) is 158 cm³/mol. The molecule has 0 aliphatic carbocycles. The molecule has 0 saturated carbocycles. The second kappa shape index (κ2) is 13.8. The molecule has 3 aromatic rings. The molecule has 226 valence electrons. The first-order chi connectivity index (χ1) is 19.6. The van der Waals surface area contributed by atoms with Crippen LogP contribution in [0.1, 0.15) is 30.5 Å². The molecule has 1 N–H and O–H groups in total. The summed E-state index contributed by atoms with van der Waals surface area (Å²) in [7, 11) is -4.28. The molecule has 0 heterocycles. The molecule has 0 bridgehead atoms. The van der Waals surface area contributed by atoms with E-state index in [9.17, 15) is 31.2 Å². The highest BCUT2D eigenvalue weighted by atomic mass is 35.5. The van der Waals surface area contributed by atoms with E-state index < -0.39 is 56.9 Å². The third kappa shape index (κ3) is 8.86. The molecule has 7 nitrogen and oxygen atoms in total. The Kier molecular flexibility index (Phi) is 10.9. The van der Waals surface area contributed by atoms with Crippen molar-refractivity contribution in [3.63, 3.8) is 0 Å². The van der Waals surface area contributed by atoms with Crippen LogP contribution < -0.4 is 9.62 Å². The molecule has 0 spiro atoms. The Balaban J connectivity index is 2.11. The SMILES string of the molecule is CC(C)NC(=O)[C@@H](Cc1ccccc1)N(Cc1ccccc1Cl)C(=O)CN(c1ccc(Cl)c(C(F)(F)F)c1)S(C)(=O)=O. The molecule has 42 heavy (non-hydrogen) atoms. The molecule has 3 rings (SSSR count). The number of nitrogens with one attached hydrogen (secondary N) is 1. The average Bonchev–Trinajstić information content (AvgIpc) is 2.89. The number of hydrogen-bond acceptors (Lipinski definition) is 4. The first-order valence-electron chi connectivity index (χ1n) is 12.8. The smallest absolute Gasteiger partial charge is 0.352 e. The zero-order valence-electron chi connectivity index (χ0n) is 23.0. The van der Waals surface area contributed by atoms with E-state index in [0.717, 1.165) is 24.0 Å². The Hall–Kier alpha value is -3.28. The Bertz CT molecular complexity index is 1520. The number of rotatable bonds is 11. The number of nitrogens with zero attached hydrogens (tertiary/aromatic N) is 2. The van der Waals surface area contributed by atoms with E-state index in [-0.39, 0.29) is 19.0 Å². The van der Waals surface area contributed by atoms with Crippen molar-refractivity contribution < 1.29 is 31.2 Å². The Labute approximate surface area is 253 Å². The van der Waals surface area contributed by atoms with E-state index in [2.05, 4.69) is 5.32 Å². The summed E-state index contributed by atoms with van der Waals surface area (Å²) in [4.78, 5) is 28.7. The van der Waals surface area contributed by atoms with Crippen molar-refractivity contribution in [2.24, 2.45) is 0 Å². The maximum absolute atomic E-state index is 14.0. The minimum absolute atomic E-state index is 0.0770. The Morgan fingerprint density at radius 2 is 1.55 bits per heavy atom. The van der Waals surface area contributed by atoms with Gasteiger partial charge in [0.2, 0.25) is 21.8 Å². The van der Waals surface area contributed by atoms with Gasteiger partial charge in [0.25, 0.3) is 0 Å². The van der Waals surface area contributed by atoms with Gasteiger partial charge in [-0.15, -0.1) is 0 Å². The van der Waals surface area contributed by atoms with Crippen molar-refractivity contribution in [2.75, 3.05) is 17.1 Å². The van der Waals surface area contributed by atoms with E-state index in [0.29, 0.717) is 21.0 Å². The molecule has 0 aliphatic heterocycles. The highest BCUT2D eigenvalue weighted by Gasteiger charge is 2.36. The molecule has 1 atom stereocenters. The largest absolute Gasteiger partial charge is 0.417 e. The average molecular weight is 645 g/mol. The molecule has 13 heteroatoms. The lowest BCUT2D eigenvalue weighted by atomic mass is 10.0. The minimum atomic E-state index is -4.87.